The zero-order valence-corrected chi connectivity index (χ0v) is 16.1. The molecule has 0 unspecified atom stereocenters. The van der Waals surface area contributed by atoms with E-state index >= 15 is 0 Å². The van der Waals surface area contributed by atoms with Crippen LogP contribution < -0.4 is 5.32 Å². The van der Waals surface area contributed by atoms with Gasteiger partial charge in [0.2, 0.25) is 11.7 Å². The van der Waals surface area contributed by atoms with Gasteiger partial charge >= 0.3 is 5.97 Å². The second-order valence-corrected chi connectivity index (χ2v) is 6.84. The van der Waals surface area contributed by atoms with E-state index in [4.69, 9.17) is 13.8 Å². The Morgan fingerprint density at radius 3 is 2.71 bits per heavy atom. The number of ether oxygens (including phenoxy) is 1. The fourth-order valence-corrected chi connectivity index (χ4v) is 2.87. The maximum absolute atomic E-state index is 11.8. The lowest BCUT2D eigenvalue weighted by Gasteiger charge is -2.02. The van der Waals surface area contributed by atoms with Crippen molar-refractivity contribution >= 4 is 29.5 Å². The van der Waals surface area contributed by atoms with Crippen LogP contribution in [0.3, 0.4) is 0 Å². The molecule has 10 heteroatoms. The average Bonchev–Trinajstić information content (AvgIpc) is 3.29. The van der Waals surface area contributed by atoms with Gasteiger partial charge < -0.3 is 19.1 Å². The van der Waals surface area contributed by atoms with Crippen molar-refractivity contribution in [1.29, 1.82) is 0 Å². The number of carbonyl (C=O) groups excluding carboxylic acids is 2. The molecular formula is C18H18N4O5S. The Bertz CT molecular complexity index is 968. The molecule has 9 nitrogen and oxygen atoms in total. The minimum atomic E-state index is -0.481. The number of esters is 1. The first kappa shape index (κ1) is 19.6. The monoisotopic (exact) mass is 402 g/mol. The normalized spacial score (nSPS) is 10.6. The predicted octanol–water partition coefficient (Wildman–Crippen LogP) is 2.76. The highest BCUT2D eigenvalue weighted by Gasteiger charge is 2.13. The van der Waals surface area contributed by atoms with Gasteiger partial charge in [0.15, 0.2) is 12.4 Å². The topological polar surface area (TPSA) is 120 Å². The molecule has 0 radical (unpaired) electrons. The number of nitrogens with one attached hydrogen (secondary N) is 1. The fraction of sp³-hybridized carbons (Fsp3) is 0.278. The molecule has 0 bridgehead atoms. The molecule has 0 aliphatic heterocycles. The summed E-state index contributed by atoms with van der Waals surface area (Å²) < 4.78 is 15.1. The Hall–Kier alpha value is -3.14. The van der Waals surface area contributed by atoms with Crippen molar-refractivity contribution in [3.63, 3.8) is 0 Å². The SMILES string of the molecule is Cc1cc(NC(=O)CSCC(=O)OCc2nc(-c3ccccc3C)no2)no1. The maximum Gasteiger partial charge on any atom is 0.316 e. The Labute approximate surface area is 164 Å². The van der Waals surface area contributed by atoms with E-state index in [1.807, 2.05) is 31.2 Å². The van der Waals surface area contributed by atoms with Crippen molar-refractivity contribution in [3.8, 4) is 11.4 Å². The first-order valence-electron chi connectivity index (χ1n) is 8.36. The van der Waals surface area contributed by atoms with E-state index in [2.05, 4.69) is 20.6 Å². The van der Waals surface area contributed by atoms with Crippen LogP contribution in [0.25, 0.3) is 11.4 Å². The Balaban J connectivity index is 1.39. The highest BCUT2D eigenvalue weighted by Crippen LogP contribution is 2.20. The number of benzene rings is 1. The summed E-state index contributed by atoms with van der Waals surface area (Å²) in [6, 6.07) is 9.24. The lowest BCUT2D eigenvalue weighted by atomic mass is 10.1. The summed E-state index contributed by atoms with van der Waals surface area (Å²) in [5, 5.41) is 10.1. The zero-order valence-electron chi connectivity index (χ0n) is 15.3. The van der Waals surface area contributed by atoms with Crippen LogP contribution in [0.15, 0.2) is 39.4 Å². The highest BCUT2D eigenvalue weighted by atomic mass is 32.2. The van der Waals surface area contributed by atoms with E-state index in [1.54, 1.807) is 13.0 Å². The Morgan fingerprint density at radius 1 is 1.14 bits per heavy atom. The number of aromatic nitrogens is 3. The third kappa shape index (κ3) is 5.43. The average molecular weight is 402 g/mol. The van der Waals surface area contributed by atoms with Crippen molar-refractivity contribution < 1.29 is 23.4 Å². The van der Waals surface area contributed by atoms with Gasteiger partial charge in [-0.2, -0.15) is 4.98 Å². The molecule has 0 fully saturated rings. The third-order valence-corrected chi connectivity index (χ3v) is 4.47. The van der Waals surface area contributed by atoms with Crippen LogP contribution in [0.4, 0.5) is 5.82 Å². The summed E-state index contributed by atoms with van der Waals surface area (Å²) in [5.41, 5.74) is 1.87. The summed E-state index contributed by atoms with van der Waals surface area (Å²) in [6.45, 7) is 3.55. The van der Waals surface area contributed by atoms with Gasteiger partial charge in [-0.25, -0.2) is 0 Å². The van der Waals surface area contributed by atoms with E-state index in [0.29, 0.717) is 17.4 Å². The van der Waals surface area contributed by atoms with Gasteiger partial charge in [-0.15, -0.1) is 11.8 Å². The third-order valence-electron chi connectivity index (χ3n) is 3.56. The molecule has 3 aromatic rings. The predicted molar refractivity (Wildman–Crippen MR) is 101 cm³/mol. The zero-order chi connectivity index (χ0) is 19.9. The van der Waals surface area contributed by atoms with Gasteiger partial charge in [-0.05, 0) is 19.4 Å². The van der Waals surface area contributed by atoms with E-state index in [-0.39, 0.29) is 29.9 Å². The van der Waals surface area contributed by atoms with Crippen molar-refractivity contribution in [2.45, 2.75) is 20.5 Å². The van der Waals surface area contributed by atoms with Crippen LogP contribution in [-0.2, 0) is 20.9 Å². The van der Waals surface area contributed by atoms with Crippen LogP contribution in [0, 0.1) is 13.8 Å². The minimum Gasteiger partial charge on any atom is -0.455 e. The molecule has 146 valence electrons. The van der Waals surface area contributed by atoms with Crippen molar-refractivity contribution in [1.82, 2.24) is 15.3 Å². The smallest absolute Gasteiger partial charge is 0.316 e. The number of amides is 1. The van der Waals surface area contributed by atoms with Gasteiger partial charge in [0.05, 0.1) is 11.5 Å². The molecule has 0 aliphatic rings. The quantitative estimate of drug-likeness (QED) is 0.567. The Kier molecular flexibility index (Phi) is 6.43. The van der Waals surface area contributed by atoms with Crippen LogP contribution >= 0.6 is 11.8 Å². The first-order chi connectivity index (χ1) is 13.5. The summed E-state index contributed by atoms with van der Waals surface area (Å²) in [6.07, 6.45) is 0. The van der Waals surface area contributed by atoms with Crippen molar-refractivity contribution in [2.24, 2.45) is 0 Å². The van der Waals surface area contributed by atoms with Crippen LogP contribution in [0.1, 0.15) is 17.2 Å². The number of rotatable bonds is 8. The van der Waals surface area contributed by atoms with Crippen LogP contribution in [-0.4, -0.2) is 38.7 Å². The summed E-state index contributed by atoms with van der Waals surface area (Å²) in [7, 11) is 0. The number of hydrogen-bond donors (Lipinski definition) is 1. The standard InChI is InChI=1S/C18H18N4O5S/c1-11-5-3-4-6-13(11)18-20-16(27-22-18)8-25-17(24)10-28-9-15(23)19-14-7-12(2)26-21-14/h3-7H,8-10H2,1-2H3,(H,19,21,23). The molecule has 0 atom stereocenters. The second-order valence-electron chi connectivity index (χ2n) is 5.85. The first-order valence-corrected chi connectivity index (χ1v) is 9.52. The molecule has 2 heterocycles. The van der Waals surface area contributed by atoms with E-state index in [0.717, 1.165) is 22.9 Å². The highest BCUT2D eigenvalue weighted by molar-refractivity contribution is 8.00. The van der Waals surface area contributed by atoms with E-state index in [9.17, 15) is 9.59 Å². The molecule has 1 aromatic carbocycles. The maximum atomic E-state index is 11.8. The number of carbonyl (C=O) groups is 2. The number of nitrogens with zero attached hydrogens (tertiary/aromatic N) is 3. The number of thioether (sulfide) groups is 1. The molecule has 0 spiro atoms. The lowest BCUT2D eigenvalue weighted by molar-refractivity contribution is -0.142. The van der Waals surface area contributed by atoms with Gasteiger partial charge in [0.1, 0.15) is 5.76 Å². The largest absolute Gasteiger partial charge is 0.455 e. The summed E-state index contributed by atoms with van der Waals surface area (Å²) >= 11 is 1.12. The van der Waals surface area contributed by atoms with Crippen LogP contribution in [0.2, 0.25) is 0 Å². The van der Waals surface area contributed by atoms with Gasteiger partial charge in [0.25, 0.3) is 5.89 Å². The van der Waals surface area contributed by atoms with Crippen molar-refractivity contribution in [3.05, 3.63) is 47.5 Å². The van der Waals surface area contributed by atoms with E-state index < -0.39 is 5.97 Å². The molecule has 28 heavy (non-hydrogen) atoms. The van der Waals surface area contributed by atoms with Crippen molar-refractivity contribution in [2.75, 3.05) is 16.8 Å². The molecule has 0 saturated heterocycles. The molecular weight excluding hydrogens is 384 g/mol. The number of anilines is 1. The molecule has 1 N–H and O–H groups in total. The Morgan fingerprint density at radius 2 is 1.96 bits per heavy atom. The number of aryl methyl sites for hydroxylation is 2. The van der Waals surface area contributed by atoms with E-state index in [1.165, 1.54) is 0 Å². The minimum absolute atomic E-state index is 0.0179. The van der Waals surface area contributed by atoms with Gasteiger partial charge in [-0.1, -0.05) is 34.6 Å². The summed E-state index contributed by atoms with van der Waals surface area (Å²) in [5.74, 6) is 0.915. The number of hydrogen-bond acceptors (Lipinski definition) is 9. The molecule has 1 amide bonds. The fourth-order valence-electron chi connectivity index (χ4n) is 2.26. The molecule has 0 saturated carbocycles. The molecule has 2 aromatic heterocycles. The molecule has 3 rings (SSSR count). The van der Waals surface area contributed by atoms with Gasteiger partial charge in [0, 0.05) is 11.6 Å². The summed E-state index contributed by atoms with van der Waals surface area (Å²) in [4.78, 5) is 27.8. The van der Waals surface area contributed by atoms with Gasteiger partial charge in [-0.3, -0.25) is 9.59 Å². The molecule has 0 aliphatic carbocycles. The van der Waals surface area contributed by atoms with Crippen LogP contribution in [0.5, 0.6) is 0 Å². The second kappa shape index (κ2) is 9.18. The lowest BCUT2D eigenvalue weighted by Crippen LogP contribution is -2.16.